The number of aromatic nitrogens is 2. The Balaban J connectivity index is 1.68. The highest BCUT2D eigenvalue weighted by Gasteiger charge is 2.14. The third-order valence-corrected chi connectivity index (χ3v) is 5.03. The van der Waals surface area contributed by atoms with Gasteiger partial charge in [0.25, 0.3) is 0 Å². The molecule has 2 aromatic carbocycles. The Labute approximate surface area is 184 Å². The summed E-state index contributed by atoms with van der Waals surface area (Å²) in [4.78, 5) is 28.5. The molecule has 0 radical (unpaired) electrons. The molecule has 4 rings (SSSR count). The van der Waals surface area contributed by atoms with E-state index in [0.29, 0.717) is 0 Å². The van der Waals surface area contributed by atoms with Gasteiger partial charge in [0.1, 0.15) is 17.0 Å². The van der Waals surface area contributed by atoms with E-state index in [9.17, 15) is 14.7 Å². The van der Waals surface area contributed by atoms with Gasteiger partial charge in [0.05, 0.1) is 11.4 Å². The zero-order valence-electron chi connectivity index (χ0n) is 17.5. The molecule has 0 spiro atoms. The summed E-state index contributed by atoms with van der Waals surface area (Å²) in [5.41, 5.74) is 5.39. The zero-order chi connectivity index (χ0) is 22.8. The second-order valence-electron chi connectivity index (χ2n) is 7.50. The number of carbonyl (C=O) groups excluding carboxylic acids is 1. The molecule has 2 aromatic heterocycles. The molecule has 1 amide bonds. The first kappa shape index (κ1) is 20.9. The van der Waals surface area contributed by atoms with Crippen LogP contribution < -0.4 is 5.32 Å². The Hall–Kier alpha value is -4.39. The lowest BCUT2D eigenvalue weighted by Crippen LogP contribution is -2.09. The number of fused-ring (bicyclic) bond motifs is 1. The van der Waals surface area contributed by atoms with Crippen LogP contribution in [0.1, 0.15) is 27.2 Å². The number of hydrogen-bond donors (Lipinski definition) is 3. The van der Waals surface area contributed by atoms with Gasteiger partial charge in [-0.25, -0.2) is 9.78 Å². The molecule has 32 heavy (non-hydrogen) atoms. The molecule has 7 nitrogen and oxygen atoms in total. The number of pyridine rings is 1. The topological polar surface area (TPSA) is 104 Å². The summed E-state index contributed by atoms with van der Waals surface area (Å²) in [6.45, 7) is 4.01. The van der Waals surface area contributed by atoms with Crippen molar-refractivity contribution in [2.45, 2.75) is 13.8 Å². The average molecular weight is 427 g/mol. The van der Waals surface area contributed by atoms with E-state index >= 15 is 0 Å². The van der Waals surface area contributed by atoms with E-state index in [2.05, 4.69) is 5.32 Å². The van der Waals surface area contributed by atoms with Crippen LogP contribution in [0.5, 0.6) is 5.75 Å². The maximum atomic E-state index is 12.5. The van der Waals surface area contributed by atoms with E-state index in [4.69, 9.17) is 10.1 Å². The average Bonchev–Trinajstić information content (AvgIpc) is 3.11. The summed E-state index contributed by atoms with van der Waals surface area (Å²) in [5.74, 6) is -2.09. The zero-order valence-corrected chi connectivity index (χ0v) is 17.5. The summed E-state index contributed by atoms with van der Waals surface area (Å²) in [6.07, 6.45) is 4.96. The minimum atomic E-state index is -1.28. The number of aromatic hydroxyl groups is 1. The molecule has 0 bridgehead atoms. The summed E-state index contributed by atoms with van der Waals surface area (Å²) < 4.78 is 1.91. The van der Waals surface area contributed by atoms with Crippen LogP contribution in [0.3, 0.4) is 0 Å². The van der Waals surface area contributed by atoms with Gasteiger partial charge in [-0.05, 0) is 55.8 Å². The van der Waals surface area contributed by atoms with E-state index in [0.717, 1.165) is 33.7 Å². The lowest BCUT2D eigenvalue weighted by molar-refractivity contribution is -0.111. The second-order valence-corrected chi connectivity index (χ2v) is 7.50. The standard InChI is InChI=1S/C25H21N3O4/c1-15-3-5-17(6-4-15)24-20(28-12-11-16(2)13-22(28)27-24)8-10-23(30)26-18-7-9-21(29)19(14-18)25(31)32/h3-14,29H,1-2H3,(H,26,30)(H,31,32)/b10-8+. The fraction of sp³-hybridized carbons (Fsp3) is 0.0800. The fourth-order valence-electron chi connectivity index (χ4n) is 3.37. The van der Waals surface area contributed by atoms with Crippen molar-refractivity contribution in [3.05, 3.63) is 89.3 Å². The lowest BCUT2D eigenvalue weighted by Gasteiger charge is -2.05. The molecular weight excluding hydrogens is 406 g/mol. The molecule has 160 valence electrons. The van der Waals surface area contributed by atoms with Gasteiger partial charge >= 0.3 is 5.97 Å². The van der Waals surface area contributed by atoms with Gasteiger partial charge in [-0.15, -0.1) is 0 Å². The highest BCUT2D eigenvalue weighted by molar-refractivity contribution is 6.03. The molecule has 7 heteroatoms. The third kappa shape index (κ3) is 4.22. The number of carboxylic acids is 1. The van der Waals surface area contributed by atoms with Crippen LogP contribution >= 0.6 is 0 Å². The second kappa shape index (κ2) is 8.39. The number of benzene rings is 2. The Morgan fingerprint density at radius 2 is 1.75 bits per heavy atom. The van der Waals surface area contributed by atoms with Crippen LogP contribution in [0.25, 0.3) is 23.0 Å². The summed E-state index contributed by atoms with van der Waals surface area (Å²) in [7, 11) is 0. The van der Waals surface area contributed by atoms with Crippen LogP contribution in [0, 0.1) is 13.8 Å². The van der Waals surface area contributed by atoms with E-state index in [1.54, 1.807) is 6.08 Å². The molecule has 2 heterocycles. The van der Waals surface area contributed by atoms with Gasteiger partial charge in [-0.1, -0.05) is 29.8 Å². The van der Waals surface area contributed by atoms with Crippen molar-refractivity contribution in [2.24, 2.45) is 0 Å². The van der Waals surface area contributed by atoms with Crippen LogP contribution in [0.2, 0.25) is 0 Å². The first-order valence-electron chi connectivity index (χ1n) is 9.93. The number of hydrogen-bond acceptors (Lipinski definition) is 4. The molecule has 0 unspecified atom stereocenters. The molecule has 0 aliphatic heterocycles. The smallest absolute Gasteiger partial charge is 0.339 e. The minimum absolute atomic E-state index is 0.266. The number of aromatic carboxylic acids is 1. The number of rotatable bonds is 5. The monoisotopic (exact) mass is 427 g/mol. The number of aryl methyl sites for hydroxylation is 2. The number of carbonyl (C=O) groups is 2. The molecule has 0 aliphatic rings. The van der Waals surface area contributed by atoms with Crippen molar-refractivity contribution in [3.8, 4) is 17.0 Å². The van der Waals surface area contributed by atoms with Gasteiger partial charge in [0.2, 0.25) is 5.91 Å². The van der Waals surface area contributed by atoms with Gasteiger partial charge < -0.3 is 15.5 Å². The first-order valence-corrected chi connectivity index (χ1v) is 9.93. The van der Waals surface area contributed by atoms with E-state index in [-0.39, 0.29) is 17.0 Å². The van der Waals surface area contributed by atoms with Crippen LogP contribution in [-0.4, -0.2) is 31.5 Å². The van der Waals surface area contributed by atoms with Crippen molar-refractivity contribution in [2.75, 3.05) is 5.32 Å². The Morgan fingerprint density at radius 1 is 1.00 bits per heavy atom. The highest BCUT2D eigenvalue weighted by atomic mass is 16.4. The number of imidazole rings is 1. The molecule has 0 atom stereocenters. The van der Waals surface area contributed by atoms with Gasteiger partial charge in [0.15, 0.2) is 0 Å². The number of amides is 1. The van der Waals surface area contributed by atoms with Crippen LogP contribution in [-0.2, 0) is 4.79 Å². The van der Waals surface area contributed by atoms with Crippen LogP contribution in [0.4, 0.5) is 5.69 Å². The Morgan fingerprint density at radius 3 is 2.47 bits per heavy atom. The lowest BCUT2D eigenvalue weighted by atomic mass is 10.1. The Kier molecular flexibility index (Phi) is 5.47. The minimum Gasteiger partial charge on any atom is -0.507 e. The quantitative estimate of drug-likeness (QED) is 0.317. The fourth-order valence-corrected chi connectivity index (χ4v) is 3.37. The molecule has 4 aromatic rings. The molecule has 0 aliphatic carbocycles. The number of carboxylic acid groups (broad SMARTS) is 1. The number of nitrogens with zero attached hydrogens (tertiary/aromatic N) is 2. The summed E-state index contributed by atoms with van der Waals surface area (Å²) in [6, 6.07) is 15.8. The van der Waals surface area contributed by atoms with Gasteiger partial charge in [-0.2, -0.15) is 0 Å². The molecule has 0 saturated carbocycles. The predicted octanol–water partition coefficient (Wildman–Crippen LogP) is 4.67. The molecule has 0 fully saturated rings. The predicted molar refractivity (Wildman–Crippen MR) is 123 cm³/mol. The van der Waals surface area contributed by atoms with Gasteiger partial charge in [-0.3, -0.25) is 9.20 Å². The highest BCUT2D eigenvalue weighted by Crippen LogP contribution is 2.27. The van der Waals surface area contributed by atoms with E-state index in [1.165, 1.54) is 24.3 Å². The van der Waals surface area contributed by atoms with E-state index < -0.39 is 11.9 Å². The normalized spacial score (nSPS) is 11.2. The maximum absolute atomic E-state index is 12.5. The molecular formula is C25H21N3O4. The van der Waals surface area contributed by atoms with Crippen molar-refractivity contribution in [3.63, 3.8) is 0 Å². The third-order valence-electron chi connectivity index (χ3n) is 5.03. The number of phenols is 1. The first-order chi connectivity index (χ1) is 15.3. The SMILES string of the molecule is Cc1ccc(-c2nc3cc(C)ccn3c2/C=C/C(=O)Nc2ccc(O)c(C(=O)O)c2)cc1. The largest absolute Gasteiger partial charge is 0.507 e. The van der Waals surface area contributed by atoms with Crippen molar-refractivity contribution < 1.29 is 19.8 Å². The molecule has 3 N–H and O–H groups in total. The summed E-state index contributed by atoms with van der Waals surface area (Å²) >= 11 is 0. The molecule has 0 saturated heterocycles. The van der Waals surface area contributed by atoms with E-state index in [1.807, 2.05) is 60.8 Å². The maximum Gasteiger partial charge on any atom is 0.339 e. The van der Waals surface area contributed by atoms with Crippen molar-refractivity contribution in [1.29, 1.82) is 0 Å². The van der Waals surface area contributed by atoms with Gasteiger partial charge in [0, 0.05) is 23.5 Å². The van der Waals surface area contributed by atoms with Crippen molar-refractivity contribution in [1.82, 2.24) is 9.38 Å². The van der Waals surface area contributed by atoms with Crippen LogP contribution in [0.15, 0.2) is 66.9 Å². The number of nitrogens with one attached hydrogen (secondary N) is 1. The summed E-state index contributed by atoms with van der Waals surface area (Å²) in [5, 5.41) is 21.4. The Bertz CT molecular complexity index is 1370. The number of anilines is 1. The van der Waals surface area contributed by atoms with Crippen molar-refractivity contribution >= 4 is 29.3 Å².